The quantitative estimate of drug-likeness (QED) is 0.152. The summed E-state index contributed by atoms with van der Waals surface area (Å²) in [6.07, 6.45) is 6.28. The Morgan fingerprint density at radius 1 is 1.11 bits per heavy atom. The molecule has 0 bridgehead atoms. The maximum atomic E-state index is 12.1. The predicted octanol–water partition coefficient (Wildman–Crippen LogP) is 6.75. The van der Waals surface area contributed by atoms with Gasteiger partial charge in [0.15, 0.2) is 0 Å². The summed E-state index contributed by atoms with van der Waals surface area (Å²) in [7, 11) is 3.20. The molecule has 3 atom stereocenters. The van der Waals surface area contributed by atoms with Crippen molar-refractivity contribution in [1.29, 1.82) is 0 Å². The first-order valence-corrected chi connectivity index (χ1v) is 18.7. The number of aromatic nitrogens is 2. The maximum absolute atomic E-state index is 12.1. The fourth-order valence-corrected chi connectivity index (χ4v) is 8.12. The molecule has 1 aliphatic carbocycles. The van der Waals surface area contributed by atoms with Crippen LogP contribution in [0.2, 0.25) is 0 Å². The molecule has 2 aromatic heterocycles. The number of fused-ring (bicyclic) bond motifs is 1. The van der Waals surface area contributed by atoms with Crippen molar-refractivity contribution in [2.75, 3.05) is 27.3 Å². The molecular formula is C41H50ClN5O6. The molecule has 6 rings (SSSR count). The minimum Gasteiger partial charge on any atom is -0.481 e. The van der Waals surface area contributed by atoms with Crippen molar-refractivity contribution in [1.82, 2.24) is 25.5 Å². The van der Waals surface area contributed by atoms with Gasteiger partial charge in [-0.2, -0.15) is 4.98 Å². The van der Waals surface area contributed by atoms with Crippen molar-refractivity contribution in [2.45, 2.75) is 97.0 Å². The van der Waals surface area contributed by atoms with Crippen LogP contribution in [-0.4, -0.2) is 70.7 Å². The number of pyridine rings is 2. The van der Waals surface area contributed by atoms with Gasteiger partial charge >= 0.3 is 5.97 Å². The summed E-state index contributed by atoms with van der Waals surface area (Å²) in [4.78, 5) is 35.2. The van der Waals surface area contributed by atoms with Gasteiger partial charge in [0.05, 0.1) is 24.9 Å². The second kappa shape index (κ2) is 16.3. The van der Waals surface area contributed by atoms with Crippen molar-refractivity contribution in [2.24, 2.45) is 0 Å². The van der Waals surface area contributed by atoms with E-state index in [0.717, 1.165) is 70.3 Å². The zero-order valence-corrected chi connectivity index (χ0v) is 32.2. The fourth-order valence-electron chi connectivity index (χ4n) is 7.81. The van der Waals surface area contributed by atoms with E-state index in [1.54, 1.807) is 21.1 Å². The molecule has 1 aromatic carbocycles. The Labute approximate surface area is 316 Å². The zero-order chi connectivity index (χ0) is 37.9. The average Bonchev–Trinajstić information content (AvgIpc) is 3.88. The predicted molar refractivity (Wildman–Crippen MR) is 205 cm³/mol. The third-order valence-corrected chi connectivity index (χ3v) is 11.4. The zero-order valence-electron chi connectivity index (χ0n) is 31.5. The Balaban J connectivity index is 1.19. The van der Waals surface area contributed by atoms with Gasteiger partial charge in [-0.3, -0.25) is 14.5 Å². The molecule has 2 fully saturated rings. The monoisotopic (exact) mass is 743 g/mol. The van der Waals surface area contributed by atoms with Crippen LogP contribution in [0.1, 0.15) is 98.1 Å². The minimum absolute atomic E-state index is 0.103. The Hall–Kier alpha value is -4.45. The summed E-state index contributed by atoms with van der Waals surface area (Å²) in [5.74, 6) is 0.760. The second-order valence-electron chi connectivity index (χ2n) is 14.3. The number of hydrogen-bond donors (Lipinski definition) is 3. The number of carboxylic acid groups (broad SMARTS) is 1. The number of aliphatic carboxylic acids is 1. The molecule has 3 aromatic rings. The molecule has 1 amide bonds. The van der Waals surface area contributed by atoms with Crippen LogP contribution in [-0.2, 0) is 29.1 Å². The first-order valence-electron chi connectivity index (χ1n) is 18.4. The number of ether oxygens (including phenoxy) is 3. The van der Waals surface area contributed by atoms with Crippen molar-refractivity contribution >= 4 is 34.6 Å². The van der Waals surface area contributed by atoms with Gasteiger partial charge in [-0.25, -0.2) is 4.98 Å². The highest BCUT2D eigenvalue weighted by molar-refractivity contribution is 6.40. The van der Waals surface area contributed by atoms with Crippen molar-refractivity contribution < 1.29 is 28.9 Å². The van der Waals surface area contributed by atoms with Gasteiger partial charge in [0.1, 0.15) is 11.6 Å². The van der Waals surface area contributed by atoms with E-state index in [1.807, 2.05) is 56.0 Å². The lowest BCUT2D eigenvalue weighted by atomic mass is 9.94. The lowest BCUT2D eigenvalue weighted by molar-refractivity contribution is -0.149. The van der Waals surface area contributed by atoms with Crippen LogP contribution in [0.15, 0.2) is 47.5 Å². The number of rotatable bonds is 14. The highest BCUT2D eigenvalue weighted by Crippen LogP contribution is 2.43. The Kier molecular flexibility index (Phi) is 11.8. The Bertz CT molecular complexity index is 1950. The lowest BCUT2D eigenvalue weighted by Crippen LogP contribution is -2.47. The maximum Gasteiger partial charge on any atom is 0.323 e. The number of allylic oxidation sites excluding steroid dienone is 4. The van der Waals surface area contributed by atoms with Gasteiger partial charge in [0.2, 0.25) is 23.5 Å². The van der Waals surface area contributed by atoms with E-state index in [9.17, 15) is 14.7 Å². The molecule has 2 saturated heterocycles. The van der Waals surface area contributed by atoms with Crippen LogP contribution >= 0.6 is 11.6 Å². The number of nitrogens with one attached hydrogen (secondary N) is 2. The summed E-state index contributed by atoms with van der Waals surface area (Å²) in [5.41, 5.74) is 7.52. The summed E-state index contributed by atoms with van der Waals surface area (Å²) in [6, 6.07) is 12.4. The fraction of sp³-hybridized carbons (Fsp3) is 0.463. The Morgan fingerprint density at radius 3 is 2.58 bits per heavy atom. The molecular weight excluding hydrogens is 694 g/mol. The molecule has 12 heteroatoms. The topological polar surface area (TPSA) is 135 Å². The van der Waals surface area contributed by atoms with Crippen molar-refractivity contribution in [3.05, 3.63) is 86.6 Å². The molecule has 0 saturated carbocycles. The van der Waals surface area contributed by atoms with E-state index in [1.165, 1.54) is 5.56 Å². The molecule has 3 aliphatic rings. The molecule has 282 valence electrons. The minimum atomic E-state index is -0.912. The number of aryl methyl sites for hydroxylation is 1. The number of halogens is 1. The van der Waals surface area contributed by atoms with Crippen LogP contribution < -0.4 is 24.8 Å². The third-order valence-electron chi connectivity index (χ3n) is 10.9. The van der Waals surface area contributed by atoms with E-state index < -0.39 is 11.5 Å². The van der Waals surface area contributed by atoms with Gasteiger partial charge < -0.3 is 30.0 Å². The van der Waals surface area contributed by atoms with E-state index in [-0.39, 0.29) is 18.1 Å². The number of methoxy groups -OCH3 is 2. The summed E-state index contributed by atoms with van der Waals surface area (Å²) >= 11 is 7.20. The largest absolute Gasteiger partial charge is 0.481 e. The summed E-state index contributed by atoms with van der Waals surface area (Å²) in [5, 5.41) is 16.9. The van der Waals surface area contributed by atoms with Crippen molar-refractivity contribution in [3.63, 3.8) is 0 Å². The average molecular weight is 744 g/mol. The number of nitrogens with zero attached hydrogens (tertiary/aromatic N) is 3. The number of amides is 1. The normalized spacial score (nSPS) is 22.0. The first kappa shape index (κ1) is 38.3. The van der Waals surface area contributed by atoms with Gasteiger partial charge in [0.25, 0.3) is 0 Å². The lowest BCUT2D eigenvalue weighted by Gasteiger charge is -2.31. The number of hydrogen-bond acceptors (Lipinski definition) is 9. The number of carbonyl (C=O) groups excluding carboxylic acids is 1. The second-order valence-corrected chi connectivity index (χ2v) is 14.7. The van der Waals surface area contributed by atoms with Gasteiger partial charge in [-0.15, -0.1) is 0 Å². The molecule has 4 heterocycles. The van der Waals surface area contributed by atoms with Crippen LogP contribution in [0, 0.1) is 6.92 Å². The molecule has 0 unspecified atom stereocenters. The van der Waals surface area contributed by atoms with E-state index in [0.29, 0.717) is 61.7 Å². The third kappa shape index (κ3) is 7.93. The molecule has 53 heavy (non-hydrogen) atoms. The van der Waals surface area contributed by atoms with E-state index in [2.05, 4.69) is 22.8 Å². The summed E-state index contributed by atoms with van der Waals surface area (Å²) in [6.45, 7) is 10.1. The summed E-state index contributed by atoms with van der Waals surface area (Å²) < 4.78 is 18.0. The standard InChI is InChI=1S/C41H50ClN5O6/c1-7-29(36(42)25(3)33-15-12-26(38(45-33)51-5)21-43-22-28-13-17-35(48)44-28)30-10-8-11-32-31(30)14-16-34(32)53-37-24(2)20-27(39(46-37)52-6)23-47-19-9-18-41(47,4)40(49)50/h7-8,10-12,15,20,28,34,43H,9,13-14,16-19,21-23H2,1-6H3,(H,44,48)(H,49,50)/b29-7-,36-25-/t28-,34-,41-/m0/s1. The van der Waals surface area contributed by atoms with Crippen LogP contribution in [0.3, 0.4) is 0 Å². The SMILES string of the molecule is C/C=C(\C(Cl)=C(/C)c1ccc(CNC[C@@H]2CCC(=O)N2)c(OC)n1)c1cccc2c1CC[C@@H]2Oc1nc(OC)c(CN2CCC[C@@]2(C)C(=O)O)cc1C. The number of likely N-dealkylation sites (tertiary alicyclic amines) is 1. The highest BCUT2D eigenvalue weighted by Gasteiger charge is 2.43. The molecule has 2 aliphatic heterocycles. The Morgan fingerprint density at radius 2 is 1.89 bits per heavy atom. The van der Waals surface area contributed by atoms with Gasteiger partial charge in [-0.1, -0.05) is 41.9 Å². The molecule has 0 spiro atoms. The van der Waals surface area contributed by atoms with Crippen LogP contribution in [0.25, 0.3) is 11.1 Å². The van der Waals surface area contributed by atoms with E-state index >= 15 is 0 Å². The smallest absolute Gasteiger partial charge is 0.323 e. The number of carbonyl (C=O) groups is 2. The molecule has 11 nitrogen and oxygen atoms in total. The van der Waals surface area contributed by atoms with E-state index in [4.69, 9.17) is 35.8 Å². The molecule has 0 radical (unpaired) electrons. The number of benzene rings is 1. The van der Waals surface area contributed by atoms with Crippen molar-refractivity contribution in [3.8, 4) is 17.6 Å². The van der Waals surface area contributed by atoms with Crippen LogP contribution in [0.4, 0.5) is 0 Å². The van der Waals surface area contributed by atoms with Gasteiger partial charge in [-0.05, 0) is 106 Å². The first-order chi connectivity index (χ1) is 25.5. The van der Waals surface area contributed by atoms with Crippen LogP contribution in [0.5, 0.6) is 17.6 Å². The number of carboxylic acids is 1. The van der Waals surface area contributed by atoms with Gasteiger partial charge in [0, 0.05) is 48.8 Å². The molecule has 3 N–H and O–H groups in total. The highest BCUT2D eigenvalue weighted by atomic mass is 35.5.